The van der Waals surface area contributed by atoms with Gasteiger partial charge in [0.15, 0.2) is 5.69 Å². The second-order valence-electron chi connectivity index (χ2n) is 10.6. The van der Waals surface area contributed by atoms with E-state index in [2.05, 4.69) is 15.1 Å². The molecule has 8 heteroatoms. The molecule has 3 aromatic heterocycles. The van der Waals surface area contributed by atoms with Crippen LogP contribution in [0.1, 0.15) is 33.5 Å². The fourth-order valence-corrected chi connectivity index (χ4v) is 6.38. The lowest BCUT2D eigenvalue weighted by Gasteiger charge is -2.35. The van der Waals surface area contributed by atoms with E-state index in [1.807, 2.05) is 84.9 Å². The lowest BCUT2D eigenvalue weighted by atomic mass is 9.74. The van der Waals surface area contributed by atoms with E-state index in [0.717, 1.165) is 28.3 Å². The Bertz CT molecular complexity index is 1990. The highest BCUT2D eigenvalue weighted by Gasteiger charge is 2.52. The molecule has 0 saturated heterocycles. The topological polar surface area (TPSA) is 43.6 Å². The Labute approximate surface area is 243 Å². The van der Waals surface area contributed by atoms with Gasteiger partial charge in [0.2, 0.25) is 0 Å². The molecule has 2 aliphatic rings. The summed E-state index contributed by atoms with van der Waals surface area (Å²) in [5, 5.41) is 4.24. The predicted octanol–water partition coefficient (Wildman–Crippen LogP) is 8.47. The van der Waals surface area contributed by atoms with Crippen LogP contribution in [0.5, 0.6) is 0 Å². The Morgan fingerprint density at radius 3 is 1.77 bits per heavy atom. The van der Waals surface area contributed by atoms with Crippen LogP contribution in [0, 0.1) is 5.82 Å². The molecule has 0 unspecified atom stereocenters. The first-order valence-electron chi connectivity index (χ1n) is 13.6. The highest BCUT2D eigenvalue weighted by molar-refractivity contribution is 5.87. The SMILES string of the molecule is Fc1ccc2c(c1)C1(c3cc(-c4ccccn4)ccc3C=Cc3ccc(-c4ccccn4)cc31)n1nc(C(F)(F)F)cc1-2. The summed E-state index contributed by atoms with van der Waals surface area (Å²) in [5.74, 6) is -0.498. The number of halogens is 4. The van der Waals surface area contributed by atoms with Gasteiger partial charge in [0.1, 0.15) is 11.4 Å². The third-order valence-electron chi connectivity index (χ3n) is 8.21. The van der Waals surface area contributed by atoms with Crippen molar-refractivity contribution in [2.45, 2.75) is 11.7 Å². The molecular formula is C35H20F4N4. The van der Waals surface area contributed by atoms with Gasteiger partial charge in [0.25, 0.3) is 0 Å². The highest BCUT2D eigenvalue weighted by atomic mass is 19.4. The lowest BCUT2D eigenvalue weighted by molar-refractivity contribution is -0.141. The van der Waals surface area contributed by atoms with Crippen molar-refractivity contribution in [3.05, 3.63) is 149 Å². The minimum Gasteiger partial charge on any atom is -0.256 e. The van der Waals surface area contributed by atoms with Gasteiger partial charge in [-0.2, -0.15) is 18.3 Å². The first-order valence-corrected chi connectivity index (χ1v) is 13.6. The number of fused-ring (bicyclic) bond motifs is 9. The van der Waals surface area contributed by atoms with Crippen LogP contribution in [-0.4, -0.2) is 19.7 Å². The van der Waals surface area contributed by atoms with Crippen molar-refractivity contribution in [2.24, 2.45) is 0 Å². The fraction of sp³-hybridized carbons (Fsp3) is 0.0571. The van der Waals surface area contributed by atoms with Crippen molar-refractivity contribution in [3.63, 3.8) is 0 Å². The van der Waals surface area contributed by atoms with Crippen LogP contribution < -0.4 is 0 Å². The summed E-state index contributed by atoms with van der Waals surface area (Å²) in [6, 6.07) is 28.0. The molecule has 43 heavy (non-hydrogen) atoms. The van der Waals surface area contributed by atoms with Crippen LogP contribution in [0.25, 0.3) is 45.9 Å². The molecule has 0 atom stereocenters. The number of benzene rings is 3. The number of rotatable bonds is 2. The van der Waals surface area contributed by atoms with E-state index in [0.29, 0.717) is 33.6 Å². The zero-order valence-electron chi connectivity index (χ0n) is 22.3. The van der Waals surface area contributed by atoms with Gasteiger partial charge >= 0.3 is 6.18 Å². The van der Waals surface area contributed by atoms with E-state index < -0.39 is 23.2 Å². The molecule has 0 saturated carbocycles. The molecule has 4 heterocycles. The van der Waals surface area contributed by atoms with Gasteiger partial charge in [-0.15, -0.1) is 0 Å². The van der Waals surface area contributed by atoms with Gasteiger partial charge in [-0.25, -0.2) is 9.07 Å². The van der Waals surface area contributed by atoms with Crippen LogP contribution in [0.2, 0.25) is 0 Å². The minimum absolute atomic E-state index is 0.257. The number of pyridine rings is 2. The van der Waals surface area contributed by atoms with Crippen molar-refractivity contribution < 1.29 is 17.6 Å². The Kier molecular flexibility index (Phi) is 5.34. The van der Waals surface area contributed by atoms with Crippen molar-refractivity contribution in [1.82, 2.24) is 19.7 Å². The molecule has 3 aromatic carbocycles. The maximum Gasteiger partial charge on any atom is 0.435 e. The zero-order chi connectivity index (χ0) is 29.3. The Morgan fingerprint density at radius 2 is 1.23 bits per heavy atom. The van der Waals surface area contributed by atoms with Crippen molar-refractivity contribution in [3.8, 4) is 33.8 Å². The highest BCUT2D eigenvalue weighted by Crippen LogP contribution is 2.56. The number of alkyl halides is 3. The monoisotopic (exact) mass is 572 g/mol. The van der Waals surface area contributed by atoms with E-state index in [1.54, 1.807) is 12.4 Å². The molecule has 8 rings (SSSR count). The van der Waals surface area contributed by atoms with Gasteiger partial charge in [-0.1, -0.05) is 48.6 Å². The Balaban J connectivity index is 1.54. The summed E-state index contributed by atoms with van der Waals surface area (Å²) >= 11 is 0. The summed E-state index contributed by atoms with van der Waals surface area (Å²) in [6.07, 6.45) is 2.57. The van der Waals surface area contributed by atoms with Gasteiger partial charge in [0.05, 0.1) is 17.1 Å². The summed E-state index contributed by atoms with van der Waals surface area (Å²) in [6.45, 7) is 0. The fourth-order valence-electron chi connectivity index (χ4n) is 6.38. The number of nitrogens with zero attached hydrogens (tertiary/aromatic N) is 4. The van der Waals surface area contributed by atoms with Gasteiger partial charge in [-0.3, -0.25) is 9.97 Å². The third kappa shape index (κ3) is 3.72. The molecule has 208 valence electrons. The molecule has 0 N–H and O–H groups in total. The third-order valence-corrected chi connectivity index (χ3v) is 8.21. The van der Waals surface area contributed by atoms with Crippen LogP contribution in [-0.2, 0) is 11.7 Å². The minimum atomic E-state index is -4.68. The van der Waals surface area contributed by atoms with Crippen molar-refractivity contribution in [1.29, 1.82) is 0 Å². The molecule has 4 nitrogen and oxygen atoms in total. The Morgan fingerprint density at radius 1 is 0.628 bits per heavy atom. The molecule has 0 amide bonds. The quantitative estimate of drug-likeness (QED) is 0.195. The largest absolute Gasteiger partial charge is 0.435 e. The van der Waals surface area contributed by atoms with Gasteiger partial charge in [0, 0.05) is 34.6 Å². The molecule has 1 spiro atoms. The average Bonchev–Trinajstić information content (AvgIpc) is 3.54. The van der Waals surface area contributed by atoms with Crippen molar-refractivity contribution in [2.75, 3.05) is 0 Å². The molecule has 6 aromatic rings. The number of hydrogen-bond donors (Lipinski definition) is 0. The smallest absolute Gasteiger partial charge is 0.256 e. The molecule has 0 fully saturated rings. The first-order chi connectivity index (χ1) is 20.8. The van der Waals surface area contributed by atoms with Gasteiger partial charge < -0.3 is 0 Å². The van der Waals surface area contributed by atoms with Crippen molar-refractivity contribution >= 4 is 12.2 Å². The molecule has 0 radical (unpaired) electrons. The maximum absolute atomic E-state index is 15.2. The summed E-state index contributed by atoms with van der Waals surface area (Å²) in [7, 11) is 0. The number of hydrogen-bond acceptors (Lipinski definition) is 3. The molecule has 0 bridgehead atoms. The van der Waals surface area contributed by atoms with Gasteiger partial charge in [-0.05, 0) is 82.9 Å². The van der Waals surface area contributed by atoms with E-state index in [-0.39, 0.29) is 5.69 Å². The predicted molar refractivity (Wildman–Crippen MR) is 156 cm³/mol. The van der Waals surface area contributed by atoms with E-state index in [4.69, 9.17) is 0 Å². The van der Waals surface area contributed by atoms with Crippen LogP contribution in [0.15, 0.2) is 109 Å². The number of aromatic nitrogens is 4. The van der Waals surface area contributed by atoms with E-state index in [1.165, 1.54) is 22.9 Å². The molecular weight excluding hydrogens is 552 g/mol. The lowest BCUT2D eigenvalue weighted by Crippen LogP contribution is -2.37. The first kappa shape index (κ1) is 25.3. The molecule has 1 aliphatic heterocycles. The summed E-state index contributed by atoms with van der Waals surface area (Å²) in [4.78, 5) is 9.03. The van der Waals surface area contributed by atoms with E-state index in [9.17, 15) is 13.2 Å². The average molecular weight is 573 g/mol. The second kappa shape index (κ2) is 9.06. The summed E-state index contributed by atoms with van der Waals surface area (Å²) < 4.78 is 59.3. The van der Waals surface area contributed by atoms with Crippen LogP contribution >= 0.6 is 0 Å². The van der Waals surface area contributed by atoms with E-state index >= 15 is 4.39 Å². The molecule has 1 aliphatic carbocycles. The van der Waals surface area contributed by atoms with Crippen LogP contribution in [0.4, 0.5) is 17.6 Å². The normalized spacial score (nSPS) is 14.1. The maximum atomic E-state index is 15.2. The standard InChI is InChI=1S/C35H20F4N4/c36-25-13-14-26-29(19-25)34(43-32(26)20-33(42-43)35(37,38)39)27-17-23(30-5-1-3-15-40-30)11-9-21(27)7-8-22-10-12-24(18-28(22)34)31-6-2-4-16-41-31/h1-20H. The summed E-state index contributed by atoms with van der Waals surface area (Å²) in [5.41, 5.74) is 4.57. The Hall–Kier alpha value is -5.37. The zero-order valence-corrected chi connectivity index (χ0v) is 22.3. The van der Waals surface area contributed by atoms with Crippen LogP contribution in [0.3, 0.4) is 0 Å². The second-order valence-corrected chi connectivity index (χ2v) is 10.6.